The lowest BCUT2D eigenvalue weighted by molar-refractivity contribution is -0.117. The van der Waals surface area contributed by atoms with E-state index in [2.05, 4.69) is 48.0 Å². The fourth-order valence-corrected chi connectivity index (χ4v) is 3.32. The summed E-state index contributed by atoms with van der Waals surface area (Å²) in [5, 5.41) is 12.4. The molecule has 1 amide bonds. The molecule has 5 nitrogen and oxygen atoms in total. The molecule has 0 aromatic heterocycles. The summed E-state index contributed by atoms with van der Waals surface area (Å²) in [6, 6.07) is 8.43. The van der Waals surface area contributed by atoms with E-state index in [0.29, 0.717) is 12.5 Å². The lowest BCUT2D eigenvalue weighted by Gasteiger charge is -2.38. The van der Waals surface area contributed by atoms with Crippen LogP contribution in [0.15, 0.2) is 24.3 Å². The molecule has 140 valence electrons. The highest BCUT2D eigenvalue weighted by atomic mass is 16.3. The molecule has 25 heavy (non-hydrogen) atoms. The van der Waals surface area contributed by atoms with Crippen LogP contribution in [0.2, 0.25) is 0 Å². The van der Waals surface area contributed by atoms with Crippen LogP contribution >= 0.6 is 0 Å². The Hall–Kier alpha value is -1.43. The first-order valence-electron chi connectivity index (χ1n) is 9.54. The number of nitrogens with zero attached hydrogens (tertiary/aromatic N) is 2. The van der Waals surface area contributed by atoms with Gasteiger partial charge in [0.15, 0.2) is 0 Å². The predicted molar refractivity (Wildman–Crippen MR) is 103 cm³/mol. The van der Waals surface area contributed by atoms with Gasteiger partial charge in [-0.15, -0.1) is 0 Å². The Labute approximate surface area is 152 Å². The van der Waals surface area contributed by atoms with Gasteiger partial charge in [-0.3, -0.25) is 14.6 Å². The van der Waals surface area contributed by atoms with Crippen LogP contribution in [0, 0.1) is 0 Å². The van der Waals surface area contributed by atoms with E-state index in [1.54, 1.807) is 0 Å². The van der Waals surface area contributed by atoms with Crippen molar-refractivity contribution in [3.05, 3.63) is 29.8 Å². The number of nitrogens with one attached hydrogen (secondary N) is 1. The van der Waals surface area contributed by atoms with Crippen molar-refractivity contribution in [2.45, 2.75) is 45.6 Å². The summed E-state index contributed by atoms with van der Waals surface area (Å²) in [7, 11) is 0. The Morgan fingerprint density at radius 3 is 2.28 bits per heavy atom. The Kier molecular flexibility index (Phi) is 7.88. The fourth-order valence-electron chi connectivity index (χ4n) is 3.32. The highest BCUT2D eigenvalue weighted by Crippen LogP contribution is 2.20. The molecule has 1 heterocycles. The Morgan fingerprint density at radius 2 is 1.76 bits per heavy atom. The fraction of sp³-hybridized carbons (Fsp3) is 0.650. The molecule has 0 bridgehead atoms. The molecule has 1 aromatic carbocycles. The molecule has 5 heteroatoms. The first kappa shape index (κ1) is 19.9. The maximum Gasteiger partial charge on any atom is 0.238 e. The third kappa shape index (κ3) is 5.80. The summed E-state index contributed by atoms with van der Waals surface area (Å²) >= 11 is 0. The molecule has 1 aromatic rings. The number of anilines is 1. The van der Waals surface area contributed by atoms with E-state index < -0.39 is 0 Å². The number of carbonyl (C=O) groups is 1. The van der Waals surface area contributed by atoms with E-state index in [0.717, 1.165) is 44.7 Å². The van der Waals surface area contributed by atoms with Crippen molar-refractivity contribution in [3.8, 4) is 0 Å². The SMILES string of the molecule is CCC(C)c1ccc(NC(=O)CN2CCN(C(CC)CO)CC2)cc1. The van der Waals surface area contributed by atoms with Gasteiger partial charge in [0.1, 0.15) is 0 Å². The highest BCUT2D eigenvalue weighted by Gasteiger charge is 2.23. The maximum atomic E-state index is 12.3. The standard InChI is InChI=1S/C20H33N3O2/c1-4-16(3)17-6-8-18(9-7-17)21-20(25)14-22-10-12-23(13-11-22)19(5-2)15-24/h6-9,16,19,24H,4-5,10-15H2,1-3H3,(H,21,25). The number of aliphatic hydroxyl groups excluding tert-OH is 1. The lowest BCUT2D eigenvalue weighted by atomic mass is 9.99. The van der Waals surface area contributed by atoms with E-state index in [1.807, 2.05) is 12.1 Å². The molecule has 2 N–H and O–H groups in total. The van der Waals surface area contributed by atoms with Crippen LogP contribution in [0.5, 0.6) is 0 Å². The van der Waals surface area contributed by atoms with Crippen LogP contribution in [0.25, 0.3) is 0 Å². The van der Waals surface area contributed by atoms with Gasteiger partial charge in [-0.05, 0) is 36.5 Å². The number of piperazine rings is 1. The van der Waals surface area contributed by atoms with E-state index in [4.69, 9.17) is 0 Å². The second-order valence-corrected chi connectivity index (χ2v) is 7.04. The van der Waals surface area contributed by atoms with Gasteiger partial charge in [0, 0.05) is 37.9 Å². The monoisotopic (exact) mass is 347 g/mol. The van der Waals surface area contributed by atoms with Crippen molar-refractivity contribution < 1.29 is 9.90 Å². The minimum absolute atomic E-state index is 0.0407. The Bertz CT molecular complexity index is 520. The van der Waals surface area contributed by atoms with E-state index in [1.165, 1.54) is 5.56 Å². The summed E-state index contributed by atoms with van der Waals surface area (Å²) in [6.07, 6.45) is 2.08. The van der Waals surface area contributed by atoms with Gasteiger partial charge >= 0.3 is 0 Å². The van der Waals surface area contributed by atoms with Crippen molar-refractivity contribution in [1.29, 1.82) is 0 Å². The molecule has 2 unspecified atom stereocenters. The molecular formula is C20H33N3O2. The average molecular weight is 348 g/mol. The summed E-state index contributed by atoms with van der Waals surface area (Å²) in [6.45, 7) is 10.7. The highest BCUT2D eigenvalue weighted by molar-refractivity contribution is 5.92. The molecule has 0 saturated carbocycles. The Balaban J connectivity index is 1.77. The van der Waals surface area contributed by atoms with Crippen LogP contribution in [0.4, 0.5) is 5.69 Å². The number of carbonyl (C=O) groups excluding carboxylic acids is 1. The molecule has 2 atom stereocenters. The minimum Gasteiger partial charge on any atom is -0.395 e. The molecular weight excluding hydrogens is 314 g/mol. The lowest BCUT2D eigenvalue weighted by Crippen LogP contribution is -2.52. The smallest absolute Gasteiger partial charge is 0.238 e. The van der Waals surface area contributed by atoms with E-state index in [9.17, 15) is 9.90 Å². The third-order valence-corrected chi connectivity index (χ3v) is 5.35. The molecule has 1 fully saturated rings. The first-order chi connectivity index (χ1) is 12.1. The molecule has 2 rings (SSSR count). The number of rotatable bonds is 8. The third-order valence-electron chi connectivity index (χ3n) is 5.35. The second kappa shape index (κ2) is 9.90. The number of benzene rings is 1. The van der Waals surface area contributed by atoms with Gasteiger partial charge in [0.05, 0.1) is 13.2 Å². The zero-order valence-electron chi connectivity index (χ0n) is 15.9. The quantitative estimate of drug-likeness (QED) is 0.759. The molecule has 1 saturated heterocycles. The van der Waals surface area contributed by atoms with Gasteiger partial charge in [0.2, 0.25) is 5.91 Å². The average Bonchev–Trinajstić information content (AvgIpc) is 2.64. The largest absolute Gasteiger partial charge is 0.395 e. The van der Waals surface area contributed by atoms with Crippen LogP contribution in [0.1, 0.15) is 45.1 Å². The van der Waals surface area contributed by atoms with Crippen LogP contribution < -0.4 is 5.32 Å². The summed E-state index contributed by atoms with van der Waals surface area (Å²) < 4.78 is 0. The number of aliphatic hydroxyl groups is 1. The van der Waals surface area contributed by atoms with E-state index >= 15 is 0 Å². The van der Waals surface area contributed by atoms with Crippen molar-refractivity contribution >= 4 is 11.6 Å². The van der Waals surface area contributed by atoms with Crippen LogP contribution in [-0.4, -0.2) is 66.2 Å². The topological polar surface area (TPSA) is 55.8 Å². The van der Waals surface area contributed by atoms with Crippen molar-refractivity contribution in [1.82, 2.24) is 9.80 Å². The second-order valence-electron chi connectivity index (χ2n) is 7.04. The predicted octanol–water partition coefficient (Wildman–Crippen LogP) is 2.53. The first-order valence-corrected chi connectivity index (χ1v) is 9.54. The molecule has 1 aliphatic heterocycles. The van der Waals surface area contributed by atoms with Gasteiger partial charge in [-0.25, -0.2) is 0 Å². The van der Waals surface area contributed by atoms with Crippen LogP contribution in [-0.2, 0) is 4.79 Å². The summed E-state index contributed by atoms with van der Waals surface area (Å²) in [5.74, 6) is 0.589. The molecule has 0 radical (unpaired) electrons. The maximum absolute atomic E-state index is 12.3. The van der Waals surface area contributed by atoms with Gasteiger partial charge in [0.25, 0.3) is 0 Å². The molecule has 0 spiro atoms. The zero-order chi connectivity index (χ0) is 18.2. The van der Waals surface area contributed by atoms with Crippen molar-refractivity contribution in [2.75, 3.05) is 44.6 Å². The summed E-state index contributed by atoms with van der Waals surface area (Å²) in [4.78, 5) is 16.8. The molecule has 1 aliphatic rings. The number of amides is 1. The van der Waals surface area contributed by atoms with Gasteiger partial charge in [-0.2, -0.15) is 0 Å². The van der Waals surface area contributed by atoms with Crippen LogP contribution in [0.3, 0.4) is 0 Å². The van der Waals surface area contributed by atoms with Gasteiger partial charge < -0.3 is 10.4 Å². The minimum atomic E-state index is 0.0407. The van der Waals surface area contributed by atoms with Gasteiger partial charge in [-0.1, -0.05) is 32.9 Å². The number of hydrogen-bond donors (Lipinski definition) is 2. The van der Waals surface area contributed by atoms with Crippen molar-refractivity contribution in [3.63, 3.8) is 0 Å². The molecule has 0 aliphatic carbocycles. The van der Waals surface area contributed by atoms with Crippen molar-refractivity contribution in [2.24, 2.45) is 0 Å². The summed E-state index contributed by atoms with van der Waals surface area (Å²) in [5.41, 5.74) is 2.17. The Morgan fingerprint density at radius 1 is 1.12 bits per heavy atom. The normalized spacial score (nSPS) is 18.7. The van der Waals surface area contributed by atoms with E-state index in [-0.39, 0.29) is 18.6 Å². The number of hydrogen-bond acceptors (Lipinski definition) is 4. The zero-order valence-corrected chi connectivity index (χ0v) is 15.9.